The smallest absolute Gasteiger partial charge is 0.123 e. The van der Waals surface area contributed by atoms with Crippen molar-refractivity contribution < 1.29 is 22.2 Å². The molecule has 0 fully saturated rings. The van der Waals surface area contributed by atoms with Crippen molar-refractivity contribution in [2.75, 3.05) is 0 Å². The SMILES string of the molecule is Oc1ccc2ccc3cccc4ccc1c2c34.[Cu]. The molecule has 0 unspecified atom stereocenters. The molecule has 0 spiro atoms. The van der Waals surface area contributed by atoms with Gasteiger partial charge in [-0.05, 0) is 27.6 Å². The van der Waals surface area contributed by atoms with Gasteiger partial charge >= 0.3 is 0 Å². The summed E-state index contributed by atoms with van der Waals surface area (Å²) in [6.45, 7) is 0. The molecule has 4 rings (SSSR count). The van der Waals surface area contributed by atoms with E-state index in [1.807, 2.05) is 12.1 Å². The summed E-state index contributed by atoms with van der Waals surface area (Å²) >= 11 is 0. The zero-order valence-corrected chi connectivity index (χ0v) is 10.4. The molecule has 2 heteroatoms. The fourth-order valence-corrected chi connectivity index (χ4v) is 2.72. The average molecular weight is 282 g/mol. The molecule has 1 nitrogen and oxygen atoms in total. The number of benzene rings is 4. The van der Waals surface area contributed by atoms with Crippen molar-refractivity contribution in [3.63, 3.8) is 0 Å². The van der Waals surface area contributed by atoms with E-state index in [0.29, 0.717) is 5.75 Å². The number of hydrogen-bond acceptors (Lipinski definition) is 1. The minimum atomic E-state index is 0. The van der Waals surface area contributed by atoms with Crippen LogP contribution >= 0.6 is 0 Å². The van der Waals surface area contributed by atoms with Gasteiger partial charge in [0.2, 0.25) is 0 Å². The van der Waals surface area contributed by atoms with Crippen molar-refractivity contribution >= 4 is 32.3 Å². The van der Waals surface area contributed by atoms with E-state index in [1.54, 1.807) is 6.07 Å². The molecule has 1 N–H and O–H groups in total. The summed E-state index contributed by atoms with van der Waals surface area (Å²) in [7, 11) is 0. The summed E-state index contributed by atoms with van der Waals surface area (Å²) in [6.07, 6.45) is 0. The van der Waals surface area contributed by atoms with E-state index in [2.05, 4.69) is 36.4 Å². The Labute approximate surface area is 115 Å². The van der Waals surface area contributed by atoms with Crippen molar-refractivity contribution in [3.05, 3.63) is 54.6 Å². The molecule has 0 heterocycles. The third kappa shape index (κ3) is 1.33. The van der Waals surface area contributed by atoms with Crippen molar-refractivity contribution in [1.29, 1.82) is 0 Å². The van der Waals surface area contributed by atoms with Crippen LogP contribution in [0.15, 0.2) is 54.6 Å². The molecule has 0 saturated carbocycles. The number of hydrogen-bond donors (Lipinski definition) is 1. The minimum absolute atomic E-state index is 0. The Bertz CT molecular complexity index is 836. The molecule has 0 saturated heterocycles. The van der Waals surface area contributed by atoms with Crippen LogP contribution in [-0.2, 0) is 17.1 Å². The van der Waals surface area contributed by atoms with Gasteiger partial charge in [-0.15, -0.1) is 0 Å². The molecule has 18 heavy (non-hydrogen) atoms. The van der Waals surface area contributed by atoms with Gasteiger partial charge < -0.3 is 5.11 Å². The molecule has 91 valence electrons. The van der Waals surface area contributed by atoms with Crippen LogP contribution in [0.2, 0.25) is 0 Å². The first-order valence-corrected chi connectivity index (χ1v) is 5.70. The van der Waals surface area contributed by atoms with Gasteiger partial charge in [-0.1, -0.05) is 48.5 Å². The number of phenols is 1. The summed E-state index contributed by atoms with van der Waals surface area (Å²) in [5, 5.41) is 16.9. The maximum Gasteiger partial charge on any atom is 0.123 e. The van der Waals surface area contributed by atoms with Gasteiger partial charge in [0.25, 0.3) is 0 Å². The molecule has 0 aliphatic rings. The van der Waals surface area contributed by atoms with Crippen molar-refractivity contribution in [2.24, 2.45) is 0 Å². The van der Waals surface area contributed by atoms with Crippen molar-refractivity contribution in [3.8, 4) is 5.75 Å². The van der Waals surface area contributed by atoms with E-state index < -0.39 is 0 Å². The maximum atomic E-state index is 9.95. The predicted octanol–water partition coefficient (Wildman–Crippen LogP) is 4.29. The monoisotopic (exact) mass is 281 g/mol. The van der Waals surface area contributed by atoms with Crippen LogP contribution in [0.1, 0.15) is 0 Å². The standard InChI is InChI=1S/C16H10O.Cu/c17-14-9-7-12-5-4-10-2-1-3-11-6-8-13(14)16(12)15(10)11;/h1-9,17H;. The Morgan fingerprint density at radius 1 is 0.611 bits per heavy atom. The Balaban J connectivity index is 0.000001000. The van der Waals surface area contributed by atoms with Gasteiger partial charge in [0.1, 0.15) is 5.75 Å². The molecule has 1 radical (unpaired) electrons. The van der Waals surface area contributed by atoms with E-state index in [4.69, 9.17) is 0 Å². The zero-order valence-electron chi connectivity index (χ0n) is 9.44. The van der Waals surface area contributed by atoms with Crippen LogP contribution in [0.4, 0.5) is 0 Å². The molecule has 0 aromatic heterocycles. The fourth-order valence-electron chi connectivity index (χ4n) is 2.72. The summed E-state index contributed by atoms with van der Waals surface area (Å²) in [6, 6.07) is 18.4. The normalized spacial score (nSPS) is 11.1. The second kappa shape index (κ2) is 3.87. The second-order valence-corrected chi connectivity index (χ2v) is 4.44. The Morgan fingerprint density at radius 2 is 1.17 bits per heavy atom. The average Bonchev–Trinajstić information content (AvgIpc) is 2.38. The molecular weight excluding hydrogens is 272 g/mol. The number of phenolic OH excluding ortho intramolecular Hbond substituents is 1. The van der Waals surface area contributed by atoms with Crippen LogP contribution in [0.5, 0.6) is 5.75 Å². The van der Waals surface area contributed by atoms with Gasteiger partial charge in [0, 0.05) is 27.8 Å². The minimum Gasteiger partial charge on any atom is -0.507 e. The summed E-state index contributed by atoms with van der Waals surface area (Å²) in [5.74, 6) is 0.357. The van der Waals surface area contributed by atoms with E-state index >= 15 is 0 Å². The Morgan fingerprint density at radius 3 is 1.89 bits per heavy atom. The number of aromatic hydroxyl groups is 1. The Kier molecular flexibility index (Phi) is 2.44. The second-order valence-electron chi connectivity index (χ2n) is 4.44. The molecular formula is C16H10CuO. The fraction of sp³-hybridized carbons (Fsp3) is 0. The summed E-state index contributed by atoms with van der Waals surface area (Å²) in [4.78, 5) is 0. The predicted molar refractivity (Wildman–Crippen MR) is 71.8 cm³/mol. The van der Waals surface area contributed by atoms with E-state index in [0.717, 1.165) is 5.39 Å². The van der Waals surface area contributed by atoms with E-state index in [9.17, 15) is 5.11 Å². The first-order valence-electron chi connectivity index (χ1n) is 5.70. The van der Waals surface area contributed by atoms with Gasteiger partial charge in [-0.3, -0.25) is 0 Å². The van der Waals surface area contributed by atoms with Gasteiger partial charge in [-0.2, -0.15) is 0 Å². The molecule has 0 amide bonds. The van der Waals surface area contributed by atoms with Crippen LogP contribution in [0.3, 0.4) is 0 Å². The van der Waals surface area contributed by atoms with Gasteiger partial charge in [0.15, 0.2) is 0 Å². The van der Waals surface area contributed by atoms with Crippen LogP contribution in [-0.4, -0.2) is 5.11 Å². The molecule has 4 aromatic carbocycles. The van der Waals surface area contributed by atoms with Crippen LogP contribution in [0.25, 0.3) is 32.3 Å². The first kappa shape index (κ1) is 11.3. The summed E-state index contributed by atoms with van der Waals surface area (Å²) in [5.41, 5.74) is 0. The van der Waals surface area contributed by atoms with Crippen LogP contribution in [0, 0.1) is 0 Å². The third-order valence-electron chi connectivity index (χ3n) is 3.51. The van der Waals surface area contributed by atoms with Crippen molar-refractivity contribution in [1.82, 2.24) is 0 Å². The maximum absolute atomic E-state index is 9.95. The molecule has 0 aliphatic carbocycles. The third-order valence-corrected chi connectivity index (χ3v) is 3.51. The quantitative estimate of drug-likeness (QED) is 0.377. The molecule has 0 aliphatic heterocycles. The van der Waals surface area contributed by atoms with E-state index in [1.165, 1.54) is 26.9 Å². The molecule has 0 bridgehead atoms. The van der Waals surface area contributed by atoms with E-state index in [-0.39, 0.29) is 17.1 Å². The van der Waals surface area contributed by atoms with Gasteiger partial charge in [0.05, 0.1) is 0 Å². The largest absolute Gasteiger partial charge is 0.507 e. The number of rotatable bonds is 0. The summed E-state index contributed by atoms with van der Waals surface area (Å²) < 4.78 is 0. The first-order chi connectivity index (χ1) is 8.34. The molecule has 0 atom stereocenters. The Hall–Kier alpha value is -1.76. The topological polar surface area (TPSA) is 20.2 Å². The zero-order chi connectivity index (χ0) is 11.4. The van der Waals surface area contributed by atoms with Gasteiger partial charge in [-0.25, -0.2) is 0 Å². The molecule has 4 aromatic rings. The van der Waals surface area contributed by atoms with Crippen LogP contribution < -0.4 is 0 Å². The van der Waals surface area contributed by atoms with Crippen molar-refractivity contribution in [2.45, 2.75) is 0 Å².